The highest BCUT2D eigenvalue weighted by Gasteiger charge is 2.49. The van der Waals surface area contributed by atoms with Crippen LogP contribution in [0, 0.1) is 6.92 Å². The van der Waals surface area contributed by atoms with Gasteiger partial charge in [-0.3, -0.25) is 14.6 Å². The third-order valence-corrected chi connectivity index (χ3v) is 6.21. The fourth-order valence-corrected chi connectivity index (χ4v) is 4.51. The van der Waals surface area contributed by atoms with Gasteiger partial charge in [-0.2, -0.15) is 0 Å². The number of amides is 2. The Morgan fingerprint density at radius 1 is 1.09 bits per heavy atom. The minimum absolute atomic E-state index is 0.0721. The summed E-state index contributed by atoms with van der Waals surface area (Å²) in [4.78, 5) is 45.7. The maximum atomic E-state index is 13.2. The number of piperidine rings is 1. The molecule has 0 aliphatic carbocycles. The standard InChI is InChI=1S/C25H27N3O5/c1-3-33-25(32)27-14-10-19(11-15-27)28-21(17-8-12-26-13-9-17)20(23(30)24(28)31)22(29)18-6-4-16(2)5-7-18/h4-9,12-13,19,21,29H,3,10-11,14-15H2,1-2H3/b22-20+. The van der Waals surface area contributed by atoms with E-state index in [0.29, 0.717) is 43.7 Å². The number of aromatic nitrogens is 1. The number of aryl methyl sites for hydroxylation is 1. The number of ether oxygens (including phenoxy) is 1. The Labute approximate surface area is 192 Å². The second-order valence-corrected chi connectivity index (χ2v) is 8.27. The molecule has 1 unspecified atom stereocenters. The molecule has 0 saturated carbocycles. The van der Waals surface area contributed by atoms with Gasteiger partial charge in [-0.1, -0.05) is 29.8 Å². The van der Waals surface area contributed by atoms with Crippen LogP contribution in [0.1, 0.15) is 42.5 Å². The second-order valence-electron chi connectivity index (χ2n) is 8.27. The molecular weight excluding hydrogens is 422 g/mol. The Bertz CT molecular complexity index is 1070. The molecule has 4 rings (SSSR count). The van der Waals surface area contributed by atoms with Crippen LogP contribution in [0.4, 0.5) is 4.79 Å². The third-order valence-electron chi connectivity index (χ3n) is 6.21. The first-order chi connectivity index (χ1) is 15.9. The molecule has 1 atom stereocenters. The van der Waals surface area contributed by atoms with Gasteiger partial charge < -0.3 is 19.6 Å². The Hall–Kier alpha value is -3.68. The van der Waals surface area contributed by atoms with Crippen LogP contribution in [-0.4, -0.2) is 63.4 Å². The Morgan fingerprint density at radius 2 is 1.73 bits per heavy atom. The van der Waals surface area contributed by atoms with Crippen molar-refractivity contribution in [3.05, 3.63) is 71.1 Å². The Balaban J connectivity index is 1.71. The van der Waals surface area contributed by atoms with Crippen LogP contribution in [0.5, 0.6) is 0 Å². The molecule has 0 radical (unpaired) electrons. The predicted molar refractivity (Wildman–Crippen MR) is 121 cm³/mol. The summed E-state index contributed by atoms with van der Waals surface area (Å²) in [6.07, 6.45) is 3.86. The smallest absolute Gasteiger partial charge is 0.409 e. The molecule has 1 aromatic heterocycles. The molecule has 2 amide bonds. The average molecular weight is 450 g/mol. The molecule has 33 heavy (non-hydrogen) atoms. The summed E-state index contributed by atoms with van der Waals surface area (Å²) in [6.45, 7) is 4.84. The van der Waals surface area contributed by atoms with Gasteiger partial charge in [-0.15, -0.1) is 0 Å². The van der Waals surface area contributed by atoms with E-state index >= 15 is 0 Å². The molecule has 8 nitrogen and oxygen atoms in total. The van der Waals surface area contributed by atoms with Crippen LogP contribution in [0.3, 0.4) is 0 Å². The molecule has 2 fully saturated rings. The van der Waals surface area contributed by atoms with Crippen molar-refractivity contribution in [2.24, 2.45) is 0 Å². The zero-order valence-electron chi connectivity index (χ0n) is 18.7. The number of rotatable bonds is 4. The van der Waals surface area contributed by atoms with Crippen LogP contribution in [0.2, 0.25) is 0 Å². The lowest BCUT2D eigenvalue weighted by atomic mass is 9.94. The molecule has 3 heterocycles. The van der Waals surface area contributed by atoms with E-state index in [1.165, 1.54) is 0 Å². The molecule has 1 N–H and O–H groups in total. The largest absolute Gasteiger partial charge is 0.507 e. The van der Waals surface area contributed by atoms with Crippen LogP contribution >= 0.6 is 0 Å². The van der Waals surface area contributed by atoms with Gasteiger partial charge in [0.05, 0.1) is 18.2 Å². The van der Waals surface area contributed by atoms with Crippen molar-refractivity contribution in [3.63, 3.8) is 0 Å². The number of hydrogen-bond acceptors (Lipinski definition) is 6. The summed E-state index contributed by atoms with van der Waals surface area (Å²) in [5.74, 6) is -1.54. The topological polar surface area (TPSA) is 100 Å². The van der Waals surface area contributed by atoms with Crippen LogP contribution in [-0.2, 0) is 14.3 Å². The molecule has 0 bridgehead atoms. The number of nitrogens with zero attached hydrogens (tertiary/aromatic N) is 3. The summed E-state index contributed by atoms with van der Waals surface area (Å²) in [5, 5.41) is 11.1. The van der Waals surface area contributed by atoms with Crippen LogP contribution in [0.15, 0.2) is 54.4 Å². The minimum atomic E-state index is -0.728. The first kappa shape index (κ1) is 22.5. The molecule has 2 aromatic rings. The van der Waals surface area contributed by atoms with Crippen molar-refractivity contribution in [1.82, 2.24) is 14.8 Å². The molecule has 172 valence electrons. The summed E-state index contributed by atoms with van der Waals surface area (Å²) in [6, 6.07) is 9.68. The highest BCUT2D eigenvalue weighted by molar-refractivity contribution is 6.46. The number of benzene rings is 1. The number of ketones is 1. The first-order valence-electron chi connectivity index (χ1n) is 11.1. The minimum Gasteiger partial charge on any atom is -0.507 e. The molecule has 8 heteroatoms. The van der Waals surface area contributed by atoms with E-state index in [4.69, 9.17) is 4.74 Å². The van der Waals surface area contributed by atoms with Gasteiger partial charge in [0, 0.05) is 37.1 Å². The predicted octanol–water partition coefficient (Wildman–Crippen LogP) is 3.43. The molecule has 1 aromatic carbocycles. The van der Waals surface area contributed by atoms with E-state index in [1.807, 2.05) is 19.1 Å². The number of pyridine rings is 1. The van der Waals surface area contributed by atoms with Crippen LogP contribution in [0.25, 0.3) is 5.76 Å². The first-order valence-corrected chi connectivity index (χ1v) is 11.1. The molecule has 2 saturated heterocycles. The SMILES string of the molecule is CCOC(=O)N1CCC(N2C(=O)C(=O)/C(=C(/O)c3ccc(C)cc3)C2c2ccncc2)CC1. The third kappa shape index (κ3) is 4.33. The van der Waals surface area contributed by atoms with Gasteiger partial charge >= 0.3 is 6.09 Å². The molecule has 0 spiro atoms. The fraction of sp³-hybridized carbons (Fsp3) is 0.360. The van der Waals surface area contributed by atoms with Crippen LogP contribution < -0.4 is 0 Å². The summed E-state index contributed by atoms with van der Waals surface area (Å²) in [7, 11) is 0. The van der Waals surface area contributed by atoms with E-state index in [9.17, 15) is 19.5 Å². The fourth-order valence-electron chi connectivity index (χ4n) is 4.51. The van der Waals surface area contributed by atoms with Gasteiger partial charge in [0.15, 0.2) is 0 Å². The van der Waals surface area contributed by atoms with Crippen molar-refractivity contribution in [1.29, 1.82) is 0 Å². The lowest BCUT2D eigenvalue weighted by molar-refractivity contribution is -0.142. The number of aliphatic hydroxyl groups is 1. The highest BCUT2D eigenvalue weighted by atomic mass is 16.6. The van der Waals surface area contributed by atoms with E-state index < -0.39 is 17.7 Å². The Kier molecular flexibility index (Phi) is 6.44. The normalized spacial score (nSPS) is 20.8. The highest BCUT2D eigenvalue weighted by Crippen LogP contribution is 2.42. The number of likely N-dealkylation sites (tertiary alicyclic amines) is 2. The maximum absolute atomic E-state index is 13.2. The maximum Gasteiger partial charge on any atom is 0.409 e. The number of Topliss-reactive ketones (excluding diaryl/α,β-unsaturated/α-hetero) is 1. The lowest BCUT2D eigenvalue weighted by Gasteiger charge is -2.38. The number of hydrogen-bond donors (Lipinski definition) is 1. The second kappa shape index (κ2) is 9.44. The zero-order chi connectivity index (χ0) is 23.5. The van der Waals surface area contributed by atoms with Crippen molar-refractivity contribution >= 4 is 23.5 Å². The monoisotopic (exact) mass is 449 g/mol. The van der Waals surface area contributed by atoms with E-state index in [1.54, 1.807) is 53.4 Å². The van der Waals surface area contributed by atoms with Gasteiger partial charge in [-0.05, 0) is 44.4 Å². The molecular formula is C25H27N3O5. The van der Waals surface area contributed by atoms with Crippen molar-refractivity contribution < 1.29 is 24.2 Å². The number of aliphatic hydroxyl groups excluding tert-OH is 1. The van der Waals surface area contributed by atoms with Gasteiger partial charge in [0.1, 0.15) is 5.76 Å². The van der Waals surface area contributed by atoms with E-state index in [0.717, 1.165) is 5.56 Å². The van der Waals surface area contributed by atoms with Crippen molar-refractivity contribution in [2.75, 3.05) is 19.7 Å². The van der Waals surface area contributed by atoms with Gasteiger partial charge in [-0.25, -0.2) is 4.79 Å². The summed E-state index contributed by atoms with van der Waals surface area (Å²) >= 11 is 0. The van der Waals surface area contributed by atoms with E-state index in [-0.39, 0.29) is 23.5 Å². The van der Waals surface area contributed by atoms with Gasteiger partial charge in [0.2, 0.25) is 0 Å². The van der Waals surface area contributed by atoms with Crippen molar-refractivity contribution in [2.45, 2.75) is 38.8 Å². The quantitative estimate of drug-likeness (QED) is 0.436. The molecule has 2 aliphatic rings. The van der Waals surface area contributed by atoms with E-state index in [2.05, 4.69) is 4.98 Å². The summed E-state index contributed by atoms with van der Waals surface area (Å²) < 4.78 is 5.08. The van der Waals surface area contributed by atoms with Gasteiger partial charge in [0.25, 0.3) is 11.7 Å². The molecule has 2 aliphatic heterocycles. The Morgan fingerprint density at radius 3 is 2.33 bits per heavy atom. The average Bonchev–Trinajstić information content (AvgIpc) is 3.10. The number of carbonyl (C=O) groups excluding carboxylic acids is 3. The summed E-state index contributed by atoms with van der Waals surface area (Å²) in [5.41, 5.74) is 2.27. The zero-order valence-corrected chi connectivity index (χ0v) is 18.7. The van der Waals surface area contributed by atoms with Crippen molar-refractivity contribution in [3.8, 4) is 0 Å². The lowest BCUT2D eigenvalue weighted by Crippen LogP contribution is -2.48. The number of carbonyl (C=O) groups is 3.